The van der Waals surface area contributed by atoms with Crippen LogP contribution in [0.25, 0.3) is 0 Å². The van der Waals surface area contributed by atoms with Crippen molar-refractivity contribution in [3.63, 3.8) is 0 Å². The van der Waals surface area contributed by atoms with E-state index in [1.165, 1.54) is 36.4 Å². The largest absolute Gasteiger partial charge is 0.374 e. The van der Waals surface area contributed by atoms with Gasteiger partial charge in [-0.1, -0.05) is 146 Å². The van der Waals surface area contributed by atoms with Crippen molar-refractivity contribution in [2.45, 2.75) is 82.3 Å². The number of rotatable bonds is 21. The highest BCUT2D eigenvalue weighted by atomic mass is 19.1. The second-order valence-corrected chi connectivity index (χ2v) is 17.6. The second-order valence-electron chi connectivity index (χ2n) is 17.6. The van der Waals surface area contributed by atoms with Crippen LogP contribution in [0, 0.1) is 17.6 Å². The Morgan fingerprint density at radius 1 is 0.507 bits per heavy atom. The van der Waals surface area contributed by atoms with Gasteiger partial charge in [0.25, 0.3) is 0 Å². The number of hydrogen-bond acceptors (Lipinski definition) is 7. The summed E-state index contributed by atoms with van der Waals surface area (Å²) >= 11 is 0. The van der Waals surface area contributed by atoms with Crippen molar-refractivity contribution in [1.29, 1.82) is 0 Å². The zero-order chi connectivity index (χ0) is 47.4. The van der Waals surface area contributed by atoms with Crippen molar-refractivity contribution in [2.24, 2.45) is 5.92 Å². The molecule has 0 bridgehead atoms. The molecule has 9 rings (SSSR count). The first-order chi connectivity index (χ1) is 33.9. The van der Waals surface area contributed by atoms with Crippen LogP contribution < -0.4 is 4.90 Å². The topological polar surface area (TPSA) is 83.5 Å². The van der Waals surface area contributed by atoms with Crippen molar-refractivity contribution < 1.29 is 42.1 Å². The monoisotopic (exact) mass is 927 g/mol. The molecule has 2 aliphatic heterocycles. The van der Waals surface area contributed by atoms with Crippen LogP contribution in [-0.2, 0) is 61.3 Å². The summed E-state index contributed by atoms with van der Waals surface area (Å²) in [4.78, 5) is 28.7. The van der Waals surface area contributed by atoms with E-state index in [2.05, 4.69) is 0 Å². The summed E-state index contributed by atoms with van der Waals surface area (Å²) in [5, 5.41) is 0. The summed E-state index contributed by atoms with van der Waals surface area (Å²) in [6.07, 6.45) is -1.93. The van der Waals surface area contributed by atoms with Crippen LogP contribution in [0.4, 0.5) is 14.5 Å². The van der Waals surface area contributed by atoms with Gasteiger partial charge in [-0.3, -0.25) is 9.59 Å². The van der Waals surface area contributed by atoms with Crippen LogP contribution in [0.15, 0.2) is 194 Å². The standard InChI is InChI=1S/C59H55F2NO7/c60-48-27-25-46(26-28-48)52(63)34-33-51-55(62(59(51)64)50-31-29-49(61)30-32-50)47-23-21-41(22-24-47)35-53-56(66-37-43-15-7-2-8-16-43)58(68-39-45-19-11-4-12-20-45)57(67-38-44-17-9-3-10-18-44)54(69-53)40-65-36-42-13-5-1-6-14-42/h1-32,51,53-58H,33-40H2. The van der Waals surface area contributed by atoms with E-state index in [4.69, 9.17) is 23.7 Å². The number of ketones is 1. The molecular formula is C59H55F2NO7. The van der Waals surface area contributed by atoms with Gasteiger partial charge in [0, 0.05) is 24.1 Å². The Morgan fingerprint density at radius 2 is 0.971 bits per heavy atom. The Balaban J connectivity index is 1.01. The lowest BCUT2D eigenvalue weighted by molar-refractivity contribution is -0.272. The van der Waals surface area contributed by atoms with Crippen LogP contribution in [-0.4, -0.2) is 48.8 Å². The number of Topliss-reactive ketones (excluding diaryl/α,β-unsaturated/α-hetero) is 1. The van der Waals surface area contributed by atoms with E-state index in [-0.39, 0.29) is 24.7 Å². The molecule has 2 saturated heterocycles. The van der Waals surface area contributed by atoms with Gasteiger partial charge in [0.1, 0.15) is 36.1 Å². The number of halogens is 2. The molecule has 7 atom stereocenters. The first kappa shape index (κ1) is 47.4. The molecular weight excluding hydrogens is 873 g/mol. The lowest BCUT2D eigenvalue weighted by atomic mass is 9.78. The van der Waals surface area contributed by atoms with Gasteiger partial charge in [0.05, 0.1) is 51.1 Å². The maximum absolute atomic E-state index is 14.1. The van der Waals surface area contributed by atoms with Crippen molar-refractivity contribution in [2.75, 3.05) is 11.5 Å². The zero-order valence-corrected chi connectivity index (χ0v) is 38.2. The molecule has 2 heterocycles. The molecule has 2 fully saturated rings. The fraction of sp³-hybridized carbons (Fsp3) is 0.254. The summed E-state index contributed by atoms with van der Waals surface area (Å²) in [6.45, 7) is 1.59. The number of carbonyl (C=O) groups excluding carboxylic acids is 2. The smallest absolute Gasteiger partial charge is 0.233 e. The van der Waals surface area contributed by atoms with Crippen molar-refractivity contribution in [3.8, 4) is 0 Å². The average Bonchev–Trinajstić information content (AvgIpc) is 3.39. The highest BCUT2D eigenvalue weighted by Crippen LogP contribution is 2.46. The lowest BCUT2D eigenvalue weighted by Gasteiger charge is -2.48. The van der Waals surface area contributed by atoms with Crippen molar-refractivity contribution in [3.05, 3.63) is 245 Å². The fourth-order valence-corrected chi connectivity index (χ4v) is 9.30. The van der Waals surface area contributed by atoms with Crippen LogP contribution in [0.5, 0.6) is 0 Å². The maximum Gasteiger partial charge on any atom is 0.233 e. The third-order valence-electron chi connectivity index (χ3n) is 12.9. The van der Waals surface area contributed by atoms with Crippen LogP contribution in [0.3, 0.4) is 0 Å². The summed E-state index contributed by atoms with van der Waals surface area (Å²) < 4.78 is 62.1. The van der Waals surface area contributed by atoms with Gasteiger partial charge >= 0.3 is 0 Å². The van der Waals surface area contributed by atoms with E-state index < -0.39 is 54.1 Å². The van der Waals surface area contributed by atoms with Gasteiger partial charge in [0.15, 0.2) is 5.78 Å². The van der Waals surface area contributed by atoms with Gasteiger partial charge in [-0.25, -0.2) is 8.78 Å². The molecule has 0 aliphatic carbocycles. The Bertz CT molecular complexity index is 2690. The predicted octanol–water partition coefficient (Wildman–Crippen LogP) is 11.6. The fourth-order valence-electron chi connectivity index (χ4n) is 9.30. The Hall–Kier alpha value is -6.66. The number of ether oxygens (including phenoxy) is 5. The molecule has 7 unspecified atom stereocenters. The van der Waals surface area contributed by atoms with E-state index in [1.807, 2.05) is 146 Å². The van der Waals surface area contributed by atoms with E-state index in [0.29, 0.717) is 50.5 Å². The van der Waals surface area contributed by atoms with E-state index in [0.717, 1.165) is 33.4 Å². The number of carbonyl (C=O) groups is 2. The minimum Gasteiger partial charge on any atom is -0.374 e. The van der Waals surface area contributed by atoms with Gasteiger partial charge in [-0.2, -0.15) is 0 Å². The lowest BCUT2D eigenvalue weighted by Crippen LogP contribution is -2.61. The first-order valence-corrected chi connectivity index (χ1v) is 23.6. The predicted molar refractivity (Wildman–Crippen MR) is 260 cm³/mol. The minimum atomic E-state index is -0.582. The normalized spacial score (nSPS) is 21.2. The summed E-state index contributed by atoms with van der Waals surface area (Å²) in [7, 11) is 0. The highest BCUT2D eigenvalue weighted by Gasteiger charge is 2.50. The SMILES string of the molecule is O=C(CCC1C(=O)N(c2ccc(F)cc2)C1c1ccc(CC2OC(COCc3ccccc3)C(OCc3ccccc3)C(OCc3ccccc3)C2OCc2ccccc2)cc1)c1ccc(F)cc1. The maximum atomic E-state index is 14.1. The van der Waals surface area contributed by atoms with Crippen molar-refractivity contribution in [1.82, 2.24) is 0 Å². The third kappa shape index (κ3) is 12.1. The number of nitrogens with zero attached hydrogens (tertiary/aromatic N) is 1. The number of β-lactam (4-membered cyclic amide) rings is 1. The minimum absolute atomic E-state index is 0.108. The summed E-state index contributed by atoms with van der Waals surface area (Å²) in [5.74, 6) is -1.66. The molecule has 0 spiro atoms. The Kier molecular flexibility index (Phi) is 15.9. The number of benzene rings is 7. The van der Waals surface area contributed by atoms with Crippen LogP contribution in [0.1, 0.15) is 62.6 Å². The average molecular weight is 928 g/mol. The van der Waals surface area contributed by atoms with Gasteiger partial charge in [0.2, 0.25) is 5.91 Å². The number of amides is 1. The Morgan fingerprint density at radius 3 is 1.49 bits per heavy atom. The molecule has 0 aromatic heterocycles. The molecule has 7 aromatic rings. The molecule has 2 aliphatic rings. The van der Waals surface area contributed by atoms with E-state index in [9.17, 15) is 18.4 Å². The highest BCUT2D eigenvalue weighted by molar-refractivity contribution is 6.04. The molecule has 0 radical (unpaired) electrons. The quantitative estimate of drug-likeness (QED) is 0.0524. The molecule has 7 aromatic carbocycles. The van der Waals surface area contributed by atoms with E-state index >= 15 is 0 Å². The molecule has 0 N–H and O–H groups in total. The van der Waals surface area contributed by atoms with Gasteiger partial charge in [-0.15, -0.1) is 0 Å². The molecule has 1 amide bonds. The van der Waals surface area contributed by atoms with Gasteiger partial charge < -0.3 is 28.6 Å². The molecule has 10 heteroatoms. The van der Waals surface area contributed by atoms with Crippen molar-refractivity contribution >= 4 is 17.4 Å². The van der Waals surface area contributed by atoms with Gasteiger partial charge in [-0.05, 0) is 88.3 Å². The zero-order valence-electron chi connectivity index (χ0n) is 38.2. The number of anilines is 1. The van der Waals surface area contributed by atoms with Crippen LogP contribution >= 0.6 is 0 Å². The second kappa shape index (κ2) is 23.1. The summed E-state index contributed by atoms with van der Waals surface area (Å²) in [5.41, 5.74) is 6.87. The third-order valence-corrected chi connectivity index (χ3v) is 12.9. The van der Waals surface area contributed by atoms with E-state index in [1.54, 1.807) is 17.0 Å². The molecule has 8 nitrogen and oxygen atoms in total. The first-order valence-electron chi connectivity index (χ1n) is 23.6. The molecule has 0 saturated carbocycles. The molecule has 69 heavy (non-hydrogen) atoms. The molecule has 352 valence electrons. The Labute approximate surface area is 402 Å². The summed E-state index contributed by atoms with van der Waals surface area (Å²) in [6, 6.07) is 59.2. The number of hydrogen-bond donors (Lipinski definition) is 0. The van der Waals surface area contributed by atoms with Crippen LogP contribution in [0.2, 0.25) is 0 Å².